The summed E-state index contributed by atoms with van der Waals surface area (Å²) in [5, 5.41) is 17.2. The molecule has 0 saturated carbocycles. The van der Waals surface area contributed by atoms with E-state index >= 15 is 0 Å². The highest BCUT2D eigenvalue weighted by Gasteiger charge is 2.18. The number of hydrogen-bond acceptors (Lipinski definition) is 4. The van der Waals surface area contributed by atoms with Crippen LogP contribution in [-0.2, 0) is 6.54 Å². The lowest BCUT2D eigenvalue weighted by atomic mass is 10.0. The highest BCUT2D eigenvalue weighted by Crippen LogP contribution is 2.27. The highest BCUT2D eigenvalue weighted by atomic mass is 15.1. The van der Waals surface area contributed by atoms with Gasteiger partial charge in [-0.2, -0.15) is 10.4 Å². The van der Waals surface area contributed by atoms with E-state index in [4.69, 9.17) is 0 Å². The van der Waals surface area contributed by atoms with Gasteiger partial charge in [-0.15, -0.1) is 0 Å². The van der Waals surface area contributed by atoms with Gasteiger partial charge in [0.1, 0.15) is 17.5 Å². The topological polar surface area (TPSA) is 83.2 Å². The molecule has 3 aromatic heterocycles. The SMILES string of the molecule is CC.Cc1nc(C(C)C)c2c(C#N)cn(Cc3ccn[nH]3)c2n1. The fraction of sp³-hybridized carbons (Fsp3) is 0.412. The second kappa shape index (κ2) is 7.05. The number of hydrogen-bond donors (Lipinski definition) is 1. The Morgan fingerprint density at radius 3 is 2.61 bits per heavy atom. The van der Waals surface area contributed by atoms with Crippen LogP contribution in [0.5, 0.6) is 0 Å². The van der Waals surface area contributed by atoms with Crippen molar-refractivity contribution in [2.45, 2.75) is 47.1 Å². The Kier molecular flexibility index (Phi) is 5.12. The maximum absolute atomic E-state index is 9.41. The first-order valence-corrected chi connectivity index (χ1v) is 7.86. The number of nitriles is 1. The van der Waals surface area contributed by atoms with E-state index < -0.39 is 0 Å². The number of fused-ring (bicyclic) bond motifs is 1. The van der Waals surface area contributed by atoms with Gasteiger partial charge in [0, 0.05) is 12.4 Å². The summed E-state index contributed by atoms with van der Waals surface area (Å²) in [6.07, 6.45) is 3.55. The van der Waals surface area contributed by atoms with E-state index in [2.05, 4.69) is 40.1 Å². The summed E-state index contributed by atoms with van der Waals surface area (Å²) < 4.78 is 1.97. The number of H-pyrrole nitrogens is 1. The molecule has 0 aromatic carbocycles. The Hall–Kier alpha value is -2.68. The summed E-state index contributed by atoms with van der Waals surface area (Å²) in [4.78, 5) is 9.06. The molecule has 23 heavy (non-hydrogen) atoms. The summed E-state index contributed by atoms with van der Waals surface area (Å²) in [5.41, 5.74) is 3.32. The van der Waals surface area contributed by atoms with E-state index in [1.807, 2.05) is 37.6 Å². The minimum atomic E-state index is 0.240. The molecule has 0 fully saturated rings. The van der Waals surface area contributed by atoms with E-state index in [9.17, 15) is 5.26 Å². The fourth-order valence-corrected chi connectivity index (χ4v) is 2.51. The molecule has 3 aromatic rings. The zero-order chi connectivity index (χ0) is 17.0. The van der Waals surface area contributed by atoms with Crippen molar-refractivity contribution >= 4 is 11.0 Å². The van der Waals surface area contributed by atoms with Crippen molar-refractivity contribution in [1.82, 2.24) is 24.7 Å². The molecule has 0 aliphatic heterocycles. The van der Waals surface area contributed by atoms with Crippen molar-refractivity contribution < 1.29 is 0 Å². The van der Waals surface area contributed by atoms with Crippen LogP contribution in [0.3, 0.4) is 0 Å². The highest BCUT2D eigenvalue weighted by molar-refractivity contribution is 5.86. The van der Waals surface area contributed by atoms with E-state index in [0.717, 1.165) is 28.2 Å². The van der Waals surface area contributed by atoms with Gasteiger partial charge in [0.15, 0.2) is 0 Å². The van der Waals surface area contributed by atoms with Gasteiger partial charge in [0.25, 0.3) is 0 Å². The minimum Gasteiger partial charge on any atom is -0.325 e. The molecule has 0 spiro atoms. The first-order chi connectivity index (χ1) is 11.1. The molecule has 0 aliphatic carbocycles. The zero-order valence-electron chi connectivity index (χ0n) is 14.3. The average molecular weight is 310 g/mol. The van der Waals surface area contributed by atoms with E-state index in [1.54, 1.807) is 6.20 Å². The quantitative estimate of drug-likeness (QED) is 0.802. The number of nitrogens with zero attached hydrogens (tertiary/aromatic N) is 5. The van der Waals surface area contributed by atoms with Gasteiger partial charge < -0.3 is 4.57 Å². The second-order valence-electron chi connectivity index (χ2n) is 5.37. The number of aryl methyl sites for hydroxylation is 1. The summed E-state index contributed by atoms with van der Waals surface area (Å²) in [6, 6.07) is 4.17. The van der Waals surface area contributed by atoms with Gasteiger partial charge >= 0.3 is 0 Å². The van der Waals surface area contributed by atoms with Gasteiger partial charge in [-0.05, 0) is 18.9 Å². The van der Waals surface area contributed by atoms with Crippen LogP contribution in [-0.4, -0.2) is 24.7 Å². The monoisotopic (exact) mass is 310 g/mol. The standard InChI is InChI=1S/C15H16N6.C2H6/c1-9(2)14-13-11(6-16)7-21(8-12-4-5-17-20-12)15(13)19-10(3)18-14;1-2/h4-5,7,9H,8H2,1-3H3,(H,17,20);1-2H3. The molecule has 0 radical (unpaired) electrons. The summed E-state index contributed by atoms with van der Waals surface area (Å²) >= 11 is 0. The third-order valence-electron chi connectivity index (χ3n) is 3.42. The maximum Gasteiger partial charge on any atom is 0.145 e. The molecule has 6 nitrogen and oxygen atoms in total. The molecule has 3 heterocycles. The van der Waals surface area contributed by atoms with Gasteiger partial charge in [-0.1, -0.05) is 27.7 Å². The molecule has 120 valence electrons. The molecule has 0 atom stereocenters. The molecule has 0 aliphatic rings. The number of rotatable bonds is 3. The zero-order valence-corrected chi connectivity index (χ0v) is 14.3. The molecule has 0 unspecified atom stereocenters. The third kappa shape index (κ3) is 3.24. The number of aromatic amines is 1. The first-order valence-electron chi connectivity index (χ1n) is 7.86. The van der Waals surface area contributed by atoms with Crippen molar-refractivity contribution in [2.24, 2.45) is 0 Å². The fourth-order valence-electron chi connectivity index (χ4n) is 2.51. The summed E-state index contributed by atoms with van der Waals surface area (Å²) in [5.74, 6) is 0.962. The van der Waals surface area contributed by atoms with Crippen LogP contribution in [0.1, 0.15) is 56.4 Å². The van der Waals surface area contributed by atoms with Crippen molar-refractivity contribution in [2.75, 3.05) is 0 Å². The molecule has 6 heteroatoms. The first kappa shape index (κ1) is 16.7. The molecule has 0 amide bonds. The van der Waals surface area contributed by atoms with Crippen LogP contribution in [0.25, 0.3) is 11.0 Å². The Labute approximate surface area is 136 Å². The van der Waals surface area contributed by atoms with E-state index in [-0.39, 0.29) is 5.92 Å². The Balaban J connectivity index is 0.000000924. The maximum atomic E-state index is 9.41. The van der Waals surface area contributed by atoms with Crippen LogP contribution in [0.4, 0.5) is 0 Å². The lowest BCUT2D eigenvalue weighted by molar-refractivity contribution is 0.778. The van der Waals surface area contributed by atoms with E-state index in [0.29, 0.717) is 12.1 Å². The normalized spacial score (nSPS) is 10.5. The lowest BCUT2D eigenvalue weighted by Crippen LogP contribution is -2.04. The molecule has 1 N–H and O–H groups in total. The predicted molar refractivity (Wildman–Crippen MR) is 90.1 cm³/mol. The van der Waals surface area contributed by atoms with E-state index in [1.165, 1.54) is 0 Å². The van der Waals surface area contributed by atoms with Crippen molar-refractivity contribution in [3.05, 3.63) is 41.2 Å². The number of aromatic nitrogens is 5. The molecular weight excluding hydrogens is 288 g/mol. The Morgan fingerprint density at radius 2 is 2.04 bits per heavy atom. The molecule has 0 saturated heterocycles. The van der Waals surface area contributed by atoms with Gasteiger partial charge in [0.05, 0.1) is 28.9 Å². The van der Waals surface area contributed by atoms with Crippen molar-refractivity contribution in [3.63, 3.8) is 0 Å². The minimum absolute atomic E-state index is 0.240. The largest absolute Gasteiger partial charge is 0.325 e. The molecular formula is C17H22N6. The van der Waals surface area contributed by atoms with Crippen LogP contribution < -0.4 is 0 Å². The van der Waals surface area contributed by atoms with Crippen LogP contribution in [0, 0.1) is 18.3 Å². The molecule has 3 rings (SSSR count). The van der Waals surface area contributed by atoms with Crippen LogP contribution in [0.2, 0.25) is 0 Å². The summed E-state index contributed by atoms with van der Waals surface area (Å²) in [7, 11) is 0. The van der Waals surface area contributed by atoms with Gasteiger partial charge in [-0.25, -0.2) is 9.97 Å². The van der Waals surface area contributed by atoms with Gasteiger partial charge in [-0.3, -0.25) is 5.10 Å². The summed E-state index contributed by atoms with van der Waals surface area (Å²) in [6.45, 7) is 10.6. The average Bonchev–Trinajstić information content (AvgIpc) is 3.17. The third-order valence-corrected chi connectivity index (χ3v) is 3.42. The smallest absolute Gasteiger partial charge is 0.145 e. The van der Waals surface area contributed by atoms with Crippen LogP contribution >= 0.6 is 0 Å². The van der Waals surface area contributed by atoms with Crippen molar-refractivity contribution in [1.29, 1.82) is 5.26 Å². The van der Waals surface area contributed by atoms with Gasteiger partial charge in [0.2, 0.25) is 0 Å². The van der Waals surface area contributed by atoms with Crippen molar-refractivity contribution in [3.8, 4) is 6.07 Å². The predicted octanol–water partition coefficient (Wildman–Crippen LogP) is 3.53. The van der Waals surface area contributed by atoms with Crippen LogP contribution in [0.15, 0.2) is 18.5 Å². The Bertz CT molecular complexity index is 821. The second-order valence-corrected chi connectivity index (χ2v) is 5.37. The lowest BCUT2D eigenvalue weighted by Gasteiger charge is -2.09. The number of nitrogens with one attached hydrogen (secondary N) is 1. The molecule has 0 bridgehead atoms. The Morgan fingerprint density at radius 1 is 1.30 bits per heavy atom.